The fraction of sp³-hybridized carbons (Fsp3) is 0.846. The molecule has 2 rings (SSSR count). The number of carbonyl (C=O) groups excluding carboxylic acids is 1. The molecule has 108 valence electrons. The molecule has 19 heavy (non-hydrogen) atoms. The average Bonchev–Trinajstić information content (AvgIpc) is 2.85. The van der Waals surface area contributed by atoms with Gasteiger partial charge in [0.05, 0.1) is 6.42 Å². The first-order valence-corrected chi connectivity index (χ1v) is 7.11. The number of hydrogen-bond donors (Lipinski definition) is 1. The number of rotatable bonds is 4. The Kier molecular flexibility index (Phi) is 4.63. The second kappa shape index (κ2) is 6.23. The number of hydrogen-bond acceptors (Lipinski definition) is 3. The van der Waals surface area contributed by atoms with E-state index in [4.69, 9.17) is 5.11 Å². The summed E-state index contributed by atoms with van der Waals surface area (Å²) >= 11 is 0. The summed E-state index contributed by atoms with van der Waals surface area (Å²) in [5.41, 5.74) is 0. The number of carbonyl (C=O) groups is 2. The largest absolute Gasteiger partial charge is 0.481 e. The summed E-state index contributed by atoms with van der Waals surface area (Å²) in [5.74, 6) is -0.855. The Morgan fingerprint density at radius 1 is 1.32 bits per heavy atom. The maximum atomic E-state index is 12.4. The lowest BCUT2D eigenvalue weighted by Crippen LogP contribution is -2.55. The maximum Gasteiger partial charge on any atom is 0.320 e. The molecule has 2 aliphatic rings. The van der Waals surface area contributed by atoms with Crippen LogP contribution in [0.3, 0.4) is 0 Å². The zero-order valence-electron chi connectivity index (χ0n) is 11.5. The third-order valence-corrected chi connectivity index (χ3v) is 4.11. The minimum atomic E-state index is -0.855. The monoisotopic (exact) mass is 269 g/mol. The van der Waals surface area contributed by atoms with E-state index in [0.717, 1.165) is 26.2 Å². The molecule has 2 heterocycles. The van der Waals surface area contributed by atoms with Crippen LogP contribution in [0.5, 0.6) is 0 Å². The van der Waals surface area contributed by atoms with Crippen LogP contribution in [-0.2, 0) is 4.79 Å². The molecule has 0 saturated carbocycles. The average molecular weight is 269 g/mol. The third-order valence-electron chi connectivity index (χ3n) is 4.11. The third kappa shape index (κ3) is 3.37. The van der Waals surface area contributed by atoms with Crippen LogP contribution < -0.4 is 0 Å². The molecule has 0 aromatic carbocycles. The van der Waals surface area contributed by atoms with Crippen molar-refractivity contribution in [1.82, 2.24) is 14.7 Å². The number of fused-ring (bicyclic) bond motifs is 1. The van der Waals surface area contributed by atoms with Crippen molar-refractivity contribution in [3.05, 3.63) is 0 Å². The molecule has 2 fully saturated rings. The van der Waals surface area contributed by atoms with Gasteiger partial charge in [-0.2, -0.15) is 0 Å². The molecule has 1 N–H and O–H groups in total. The first-order chi connectivity index (χ1) is 9.11. The number of amides is 2. The van der Waals surface area contributed by atoms with Crippen LogP contribution in [0.15, 0.2) is 0 Å². The fourth-order valence-corrected chi connectivity index (χ4v) is 2.98. The maximum absolute atomic E-state index is 12.4. The molecule has 0 aromatic rings. The van der Waals surface area contributed by atoms with Crippen LogP contribution in [0.4, 0.5) is 4.79 Å². The van der Waals surface area contributed by atoms with Gasteiger partial charge in [0.15, 0.2) is 0 Å². The van der Waals surface area contributed by atoms with Crippen LogP contribution >= 0.6 is 0 Å². The number of carboxylic acid groups (broad SMARTS) is 1. The normalized spacial score (nSPS) is 23.2. The molecule has 6 nitrogen and oxygen atoms in total. The Morgan fingerprint density at radius 2 is 2.11 bits per heavy atom. The van der Waals surface area contributed by atoms with Gasteiger partial charge < -0.3 is 14.9 Å². The number of aliphatic carboxylic acids is 1. The van der Waals surface area contributed by atoms with Gasteiger partial charge >= 0.3 is 12.0 Å². The van der Waals surface area contributed by atoms with Crippen molar-refractivity contribution >= 4 is 12.0 Å². The van der Waals surface area contributed by atoms with Gasteiger partial charge in [0.2, 0.25) is 0 Å². The minimum Gasteiger partial charge on any atom is -0.481 e. The van der Waals surface area contributed by atoms with Crippen molar-refractivity contribution in [3.63, 3.8) is 0 Å². The van der Waals surface area contributed by atoms with Gasteiger partial charge in [-0.25, -0.2) is 4.79 Å². The van der Waals surface area contributed by atoms with Gasteiger partial charge in [-0.15, -0.1) is 0 Å². The van der Waals surface area contributed by atoms with Crippen LogP contribution in [0.1, 0.15) is 26.2 Å². The number of nitrogens with zero attached hydrogens (tertiary/aromatic N) is 3. The lowest BCUT2D eigenvalue weighted by molar-refractivity contribution is -0.137. The molecule has 2 amide bonds. The summed E-state index contributed by atoms with van der Waals surface area (Å²) in [6.07, 6.45) is 2.41. The highest BCUT2D eigenvalue weighted by Crippen LogP contribution is 2.22. The second-order valence-electron chi connectivity index (χ2n) is 5.28. The van der Waals surface area contributed by atoms with E-state index in [-0.39, 0.29) is 12.5 Å². The first kappa shape index (κ1) is 14.1. The summed E-state index contributed by atoms with van der Waals surface area (Å²) in [6.45, 7) is 6.43. The summed E-state index contributed by atoms with van der Waals surface area (Å²) < 4.78 is 0. The highest BCUT2D eigenvalue weighted by Gasteiger charge is 2.33. The van der Waals surface area contributed by atoms with Crippen molar-refractivity contribution in [3.8, 4) is 0 Å². The highest BCUT2D eigenvalue weighted by molar-refractivity contribution is 5.75. The molecular weight excluding hydrogens is 246 g/mol. The van der Waals surface area contributed by atoms with E-state index < -0.39 is 5.97 Å². The van der Waals surface area contributed by atoms with E-state index >= 15 is 0 Å². The van der Waals surface area contributed by atoms with Crippen LogP contribution in [-0.4, -0.2) is 77.1 Å². The summed E-state index contributed by atoms with van der Waals surface area (Å²) in [6, 6.07) is 0.506. The van der Waals surface area contributed by atoms with Crippen LogP contribution in [0.25, 0.3) is 0 Å². The molecule has 2 aliphatic heterocycles. The topological polar surface area (TPSA) is 64.1 Å². The molecule has 0 spiro atoms. The standard InChI is InChI=1S/C13H23N3O3/c1-2-14(7-5-12(17)18)13(19)16-9-8-15-6-3-4-11(15)10-16/h11H,2-10H2,1H3,(H,17,18). The predicted octanol–water partition coefficient (Wildman–Crippen LogP) is 0.683. The van der Waals surface area contributed by atoms with E-state index in [1.165, 1.54) is 12.8 Å². The lowest BCUT2D eigenvalue weighted by atomic mass is 10.1. The Hall–Kier alpha value is -1.30. The molecule has 6 heteroatoms. The van der Waals surface area contributed by atoms with E-state index in [1.807, 2.05) is 11.8 Å². The van der Waals surface area contributed by atoms with Gasteiger partial charge in [-0.05, 0) is 26.3 Å². The molecule has 0 aromatic heterocycles. The fourth-order valence-electron chi connectivity index (χ4n) is 2.98. The van der Waals surface area contributed by atoms with Crippen LogP contribution in [0.2, 0.25) is 0 Å². The zero-order valence-corrected chi connectivity index (χ0v) is 11.5. The van der Waals surface area contributed by atoms with E-state index in [0.29, 0.717) is 19.1 Å². The molecule has 1 atom stereocenters. The van der Waals surface area contributed by atoms with E-state index in [9.17, 15) is 9.59 Å². The molecule has 0 bridgehead atoms. The molecular formula is C13H23N3O3. The van der Waals surface area contributed by atoms with Crippen LogP contribution in [0, 0.1) is 0 Å². The Bertz CT molecular complexity index is 348. The quantitative estimate of drug-likeness (QED) is 0.815. The van der Waals surface area contributed by atoms with Gasteiger partial charge in [0, 0.05) is 38.8 Å². The summed E-state index contributed by atoms with van der Waals surface area (Å²) in [4.78, 5) is 29.0. The minimum absolute atomic E-state index is 0.00435. The molecule has 1 unspecified atom stereocenters. The summed E-state index contributed by atoms with van der Waals surface area (Å²) in [5, 5.41) is 8.71. The number of piperazine rings is 1. The number of carboxylic acids is 1. The molecule has 0 aliphatic carbocycles. The SMILES string of the molecule is CCN(CCC(=O)O)C(=O)N1CCN2CCCC2C1. The number of urea groups is 1. The lowest BCUT2D eigenvalue weighted by Gasteiger charge is -2.39. The Balaban J connectivity index is 1.88. The Morgan fingerprint density at radius 3 is 2.79 bits per heavy atom. The van der Waals surface area contributed by atoms with Gasteiger partial charge in [-0.3, -0.25) is 9.69 Å². The van der Waals surface area contributed by atoms with Crippen molar-refractivity contribution in [2.45, 2.75) is 32.2 Å². The van der Waals surface area contributed by atoms with Crippen molar-refractivity contribution in [2.75, 3.05) is 39.3 Å². The zero-order chi connectivity index (χ0) is 13.8. The van der Waals surface area contributed by atoms with Gasteiger partial charge in [0.1, 0.15) is 0 Å². The second-order valence-corrected chi connectivity index (χ2v) is 5.28. The van der Waals surface area contributed by atoms with Crippen molar-refractivity contribution in [1.29, 1.82) is 0 Å². The van der Waals surface area contributed by atoms with E-state index in [2.05, 4.69) is 4.90 Å². The highest BCUT2D eigenvalue weighted by atomic mass is 16.4. The predicted molar refractivity (Wildman–Crippen MR) is 71.1 cm³/mol. The summed E-state index contributed by atoms with van der Waals surface area (Å²) in [7, 11) is 0. The first-order valence-electron chi connectivity index (χ1n) is 7.11. The molecule has 0 radical (unpaired) electrons. The van der Waals surface area contributed by atoms with E-state index in [1.54, 1.807) is 4.90 Å². The van der Waals surface area contributed by atoms with Crippen molar-refractivity contribution in [2.24, 2.45) is 0 Å². The van der Waals surface area contributed by atoms with Gasteiger partial charge in [0.25, 0.3) is 0 Å². The molecule has 2 saturated heterocycles. The Labute approximate surface area is 114 Å². The smallest absolute Gasteiger partial charge is 0.320 e. The van der Waals surface area contributed by atoms with Gasteiger partial charge in [-0.1, -0.05) is 0 Å². The van der Waals surface area contributed by atoms with Crippen molar-refractivity contribution < 1.29 is 14.7 Å².